The Kier molecular flexibility index (Phi) is 5.71. The van der Waals surface area contributed by atoms with Crippen molar-refractivity contribution in [3.05, 3.63) is 83.2 Å². The molecule has 3 N–H and O–H groups in total. The molecule has 33 heavy (non-hydrogen) atoms. The summed E-state index contributed by atoms with van der Waals surface area (Å²) in [5.74, 6) is 0.593. The molecule has 0 spiro atoms. The van der Waals surface area contributed by atoms with Crippen LogP contribution < -0.4 is 25.4 Å². The van der Waals surface area contributed by atoms with Crippen LogP contribution in [0.5, 0.6) is 11.5 Å². The normalized spacial score (nSPS) is 15.6. The minimum Gasteiger partial charge on any atom is -0.486 e. The van der Waals surface area contributed by atoms with Gasteiger partial charge in [0.05, 0.1) is 17.0 Å². The summed E-state index contributed by atoms with van der Waals surface area (Å²) in [5, 5.41) is 9.51. The minimum atomic E-state index is -0.402. The van der Waals surface area contributed by atoms with Gasteiger partial charge >= 0.3 is 0 Å². The van der Waals surface area contributed by atoms with Crippen LogP contribution in [0.15, 0.2) is 60.7 Å². The van der Waals surface area contributed by atoms with E-state index in [1.54, 1.807) is 6.07 Å². The molecule has 5 rings (SSSR count). The lowest BCUT2D eigenvalue weighted by molar-refractivity contribution is -0.110. The highest BCUT2D eigenvalue weighted by Gasteiger charge is 2.29. The fourth-order valence-electron chi connectivity index (χ4n) is 3.99. The van der Waals surface area contributed by atoms with Crippen LogP contribution in [-0.2, 0) is 11.3 Å². The van der Waals surface area contributed by atoms with Crippen molar-refractivity contribution in [2.45, 2.75) is 13.5 Å². The summed E-state index contributed by atoms with van der Waals surface area (Å²) in [6, 6.07) is 17.9. The number of anilines is 2. The lowest BCUT2D eigenvalue weighted by Gasteiger charge is -2.21. The van der Waals surface area contributed by atoms with Gasteiger partial charge in [0.1, 0.15) is 19.0 Å². The summed E-state index contributed by atoms with van der Waals surface area (Å²) < 4.78 is 25.2. The second-order valence-electron chi connectivity index (χ2n) is 7.85. The van der Waals surface area contributed by atoms with Gasteiger partial charge in [-0.2, -0.15) is 0 Å². The first-order chi connectivity index (χ1) is 16.1. The zero-order valence-corrected chi connectivity index (χ0v) is 18.2. The molecule has 0 bridgehead atoms. The van der Waals surface area contributed by atoms with Crippen LogP contribution in [0.25, 0.3) is 11.3 Å². The Morgan fingerprint density at radius 2 is 1.79 bits per heavy atom. The Labute approximate surface area is 191 Å². The number of benzene rings is 3. The molecular formula is C26H24FN3O3. The molecule has 0 saturated heterocycles. The van der Waals surface area contributed by atoms with Crippen molar-refractivity contribution >= 4 is 28.6 Å². The van der Waals surface area contributed by atoms with E-state index < -0.39 is 5.82 Å². The van der Waals surface area contributed by atoms with Crippen LogP contribution in [0.4, 0.5) is 15.8 Å². The second-order valence-corrected chi connectivity index (χ2v) is 7.85. The van der Waals surface area contributed by atoms with E-state index in [1.165, 1.54) is 12.1 Å². The Balaban J connectivity index is 1.59. The Bertz CT molecular complexity index is 1240. The average Bonchev–Trinajstić information content (AvgIpc) is 3.16. The van der Waals surface area contributed by atoms with E-state index in [2.05, 4.69) is 22.9 Å². The zero-order valence-electron chi connectivity index (χ0n) is 18.2. The van der Waals surface area contributed by atoms with Crippen LogP contribution in [0.2, 0.25) is 0 Å². The molecule has 2 aliphatic rings. The summed E-state index contributed by atoms with van der Waals surface area (Å²) in [4.78, 5) is 13.0. The zero-order chi connectivity index (χ0) is 22.8. The molecule has 2 aliphatic heterocycles. The lowest BCUT2D eigenvalue weighted by Crippen LogP contribution is -2.16. The number of ether oxygens (including phenoxy) is 2. The third-order valence-electron chi connectivity index (χ3n) is 5.61. The first-order valence-corrected chi connectivity index (χ1v) is 10.9. The number of hydrogen-bond acceptors (Lipinski definition) is 5. The van der Waals surface area contributed by atoms with E-state index in [9.17, 15) is 9.18 Å². The van der Waals surface area contributed by atoms with Gasteiger partial charge in [-0.05, 0) is 60.6 Å². The average molecular weight is 445 g/mol. The molecule has 0 fully saturated rings. The molecule has 0 atom stereocenters. The predicted octanol–water partition coefficient (Wildman–Crippen LogP) is 4.64. The van der Waals surface area contributed by atoms with Crippen molar-refractivity contribution in [1.82, 2.24) is 5.32 Å². The number of hydrogen-bond donors (Lipinski definition) is 3. The first kappa shape index (κ1) is 21.0. The van der Waals surface area contributed by atoms with Crippen molar-refractivity contribution in [3.63, 3.8) is 0 Å². The third-order valence-corrected chi connectivity index (χ3v) is 5.61. The maximum absolute atomic E-state index is 13.8. The summed E-state index contributed by atoms with van der Waals surface area (Å²) in [5.41, 5.74) is 4.90. The van der Waals surface area contributed by atoms with E-state index in [4.69, 9.17) is 9.47 Å². The van der Waals surface area contributed by atoms with Gasteiger partial charge < -0.3 is 25.4 Å². The molecule has 7 heteroatoms. The molecule has 168 valence electrons. The minimum absolute atomic E-state index is 0.295. The van der Waals surface area contributed by atoms with E-state index in [-0.39, 0.29) is 5.91 Å². The van der Waals surface area contributed by atoms with Gasteiger partial charge in [-0.15, -0.1) is 0 Å². The van der Waals surface area contributed by atoms with Crippen molar-refractivity contribution < 1.29 is 18.7 Å². The first-order valence-electron chi connectivity index (χ1n) is 10.9. The SMILES string of the molecule is CCNCc1ccc(N/C(=C2\C(=O)Nc3cc(F)ccc32)c2ccc3c(c2)OCCO3)cc1. The molecule has 3 aromatic carbocycles. The molecule has 3 aromatic rings. The second kappa shape index (κ2) is 8.96. The van der Waals surface area contributed by atoms with Crippen LogP contribution in [0, 0.1) is 5.82 Å². The number of amides is 1. The summed E-state index contributed by atoms with van der Waals surface area (Å²) in [7, 11) is 0. The highest BCUT2D eigenvalue weighted by Crippen LogP contribution is 2.40. The fourth-order valence-corrected chi connectivity index (χ4v) is 3.99. The van der Waals surface area contributed by atoms with E-state index in [0.717, 1.165) is 29.9 Å². The maximum Gasteiger partial charge on any atom is 0.258 e. The monoisotopic (exact) mass is 445 g/mol. The van der Waals surface area contributed by atoms with E-state index >= 15 is 0 Å². The Morgan fingerprint density at radius 3 is 2.58 bits per heavy atom. The van der Waals surface area contributed by atoms with E-state index in [0.29, 0.717) is 47.2 Å². The van der Waals surface area contributed by atoms with E-state index in [1.807, 2.05) is 42.5 Å². The highest BCUT2D eigenvalue weighted by molar-refractivity contribution is 6.37. The number of fused-ring (bicyclic) bond motifs is 2. The van der Waals surface area contributed by atoms with Crippen molar-refractivity contribution in [2.75, 3.05) is 30.4 Å². The van der Waals surface area contributed by atoms with Gasteiger partial charge in [-0.1, -0.05) is 19.1 Å². The molecule has 0 aliphatic carbocycles. The standard InChI is InChI=1S/C26H24FN3O3/c1-2-28-15-16-3-7-19(8-4-16)29-25(17-5-10-22-23(13-17)33-12-11-32-22)24-20-9-6-18(27)14-21(20)30-26(24)31/h3-10,13-14,28-29H,2,11-12,15H2,1H3,(H,30,31)/b25-24-. The molecule has 1 amide bonds. The summed E-state index contributed by atoms with van der Waals surface area (Å²) in [6.07, 6.45) is 0. The van der Waals surface area contributed by atoms with Crippen LogP contribution in [0.1, 0.15) is 23.6 Å². The number of nitrogens with one attached hydrogen (secondary N) is 3. The van der Waals surface area contributed by atoms with Gasteiger partial charge in [0.15, 0.2) is 11.5 Å². The maximum atomic E-state index is 13.8. The largest absolute Gasteiger partial charge is 0.486 e. The Morgan fingerprint density at radius 1 is 1.00 bits per heavy atom. The summed E-state index contributed by atoms with van der Waals surface area (Å²) in [6.45, 7) is 4.71. The third kappa shape index (κ3) is 4.27. The molecule has 2 heterocycles. The number of halogens is 1. The van der Waals surface area contributed by atoms with Crippen molar-refractivity contribution in [1.29, 1.82) is 0 Å². The molecule has 0 radical (unpaired) electrons. The van der Waals surface area contributed by atoms with Gasteiger partial charge in [0.25, 0.3) is 5.91 Å². The fraction of sp³-hybridized carbons (Fsp3) is 0.192. The van der Waals surface area contributed by atoms with Crippen LogP contribution in [-0.4, -0.2) is 25.7 Å². The van der Waals surface area contributed by atoms with Crippen LogP contribution >= 0.6 is 0 Å². The molecule has 0 aromatic heterocycles. The number of rotatable bonds is 6. The lowest BCUT2D eigenvalue weighted by atomic mass is 9.99. The van der Waals surface area contributed by atoms with Crippen LogP contribution in [0.3, 0.4) is 0 Å². The quantitative estimate of drug-likeness (QED) is 0.482. The van der Waals surface area contributed by atoms with Gasteiger partial charge in [0.2, 0.25) is 0 Å². The van der Waals surface area contributed by atoms with Gasteiger partial charge in [0, 0.05) is 23.4 Å². The van der Waals surface area contributed by atoms with Gasteiger partial charge in [-0.3, -0.25) is 4.79 Å². The Hall–Kier alpha value is -3.84. The van der Waals surface area contributed by atoms with Crippen molar-refractivity contribution in [2.24, 2.45) is 0 Å². The molecule has 6 nitrogen and oxygen atoms in total. The number of carbonyl (C=O) groups is 1. The van der Waals surface area contributed by atoms with Crippen molar-refractivity contribution in [3.8, 4) is 11.5 Å². The molecule has 0 unspecified atom stereocenters. The highest BCUT2D eigenvalue weighted by atomic mass is 19.1. The number of carbonyl (C=O) groups excluding carboxylic acids is 1. The topological polar surface area (TPSA) is 71.6 Å². The van der Waals surface area contributed by atoms with Gasteiger partial charge in [-0.25, -0.2) is 4.39 Å². The molecule has 0 saturated carbocycles. The summed E-state index contributed by atoms with van der Waals surface area (Å²) >= 11 is 0. The molecular weight excluding hydrogens is 421 g/mol. The predicted molar refractivity (Wildman–Crippen MR) is 127 cm³/mol. The smallest absolute Gasteiger partial charge is 0.258 e.